The van der Waals surface area contributed by atoms with Gasteiger partial charge >= 0.3 is 5.97 Å². The van der Waals surface area contributed by atoms with Gasteiger partial charge in [-0.05, 0) is 49.9 Å². The molecular formula is C15H28O2. The SMILES string of the molecule is CCCOC(=O)C1CCC(CC(C)(C)C)CC1. The van der Waals surface area contributed by atoms with Crippen LogP contribution in [0.25, 0.3) is 0 Å². The Balaban J connectivity index is 2.28. The van der Waals surface area contributed by atoms with Crippen molar-refractivity contribution in [2.75, 3.05) is 6.61 Å². The fourth-order valence-electron chi connectivity index (χ4n) is 2.79. The molecule has 1 fully saturated rings. The van der Waals surface area contributed by atoms with Crippen LogP contribution in [0.15, 0.2) is 0 Å². The van der Waals surface area contributed by atoms with Crippen molar-refractivity contribution in [3.63, 3.8) is 0 Å². The first-order valence-corrected chi connectivity index (χ1v) is 7.09. The summed E-state index contributed by atoms with van der Waals surface area (Å²) < 4.78 is 5.23. The molecule has 0 atom stereocenters. The minimum absolute atomic E-state index is 0.0426. The lowest BCUT2D eigenvalue weighted by molar-refractivity contribution is -0.150. The van der Waals surface area contributed by atoms with Crippen molar-refractivity contribution in [3.05, 3.63) is 0 Å². The summed E-state index contributed by atoms with van der Waals surface area (Å²) in [5, 5.41) is 0. The fourth-order valence-corrected chi connectivity index (χ4v) is 2.79. The van der Waals surface area contributed by atoms with E-state index in [2.05, 4.69) is 20.8 Å². The van der Waals surface area contributed by atoms with Gasteiger partial charge in [0.15, 0.2) is 0 Å². The number of rotatable bonds is 4. The van der Waals surface area contributed by atoms with Gasteiger partial charge in [-0.15, -0.1) is 0 Å². The second-order valence-corrected chi connectivity index (χ2v) is 6.65. The van der Waals surface area contributed by atoms with E-state index in [1.165, 1.54) is 19.3 Å². The van der Waals surface area contributed by atoms with Gasteiger partial charge in [-0.1, -0.05) is 27.7 Å². The van der Waals surface area contributed by atoms with Gasteiger partial charge in [-0.25, -0.2) is 0 Å². The van der Waals surface area contributed by atoms with Gasteiger partial charge in [0.05, 0.1) is 12.5 Å². The van der Waals surface area contributed by atoms with Gasteiger partial charge in [0.25, 0.3) is 0 Å². The van der Waals surface area contributed by atoms with Gasteiger partial charge in [0.2, 0.25) is 0 Å². The number of hydrogen-bond donors (Lipinski definition) is 0. The number of esters is 1. The maximum absolute atomic E-state index is 11.7. The first-order valence-electron chi connectivity index (χ1n) is 7.09. The van der Waals surface area contributed by atoms with E-state index < -0.39 is 0 Å². The van der Waals surface area contributed by atoms with Crippen LogP contribution >= 0.6 is 0 Å². The molecule has 2 nitrogen and oxygen atoms in total. The topological polar surface area (TPSA) is 26.3 Å². The highest BCUT2D eigenvalue weighted by Gasteiger charge is 2.29. The highest BCUT2D eigenvalue weighted by Crippen LogP contribution is 2.36. The summed E-state index contributed by atoms with van der Waals surface area (Å²) in [6, 6.07) is 0. The largest absolute Gasteiger partial charge is 0.465 e. The molecule has 0 amide bonds. The summed E-state index contributed by atoms with van der Waals surface area (Å²) in [5.74, 6) is 1.03. The Kier molecular flexibility index (Phi) is 5.48. The third kappa shape index (κ3) is 5.56. The Morgan fingerprint density at radius 3 is 2.24 bits per heavy atom. The zero-order valence-electron chi connectivity index (χ0n) is 11.9. The van der Waals surface area contributed by atoms with Crippen LogP contribution in [-0.2, 0) is 9.53 Å². The summed E-state index contributed by atoms with van der Waals surface area (Å²) in [7, 11) is 0. The summed E-state index contributed by atoms with van der Waals surface area (Å²) in [6.07, 6.45) is 6.66. The minimum atomic E-state index is 0.0426. The van der Waals surface area contributed by atoms with E-state index in [9.17, 15) is 4.79 Å². The maximum atomic E-state index is 11.7. The molecule has 2 heteroatoms. The van der Waals surface area contributed by atoms with Crippen molar-refractivity contribution in [2.24, 2.45) is 17.3 Å². The van der Waals surface area contributed by atoms with Gasteiger partial charge in [-0.3, -0.25) is 4.79 Å². The van der Waals surface area contributed by atoms with Crippen LogP contribution in [0.3, 0.4) is 0 Å². The molecule has 0 aliphatic heterocycles. The van der Waals surface area contributed by atoms with Crippen molar-refractivity contribution in [1.82, 2.24) is 0 Å². The van der Waals surface area contributed by atoms with E-state index in [0.717, 1.165) is 25.2 Å². The molecule has 17 heavy (non-hydrogen) atoms. The molecule has 0 aromatic rings. The van der Waals surface area contributed by atoms with Crippen LogP contribution in [0.2, 0.25) is 0 Å². The quantitative estimate of drug-likeness (QED) is 0.689. The summed E-state index contributed by atoms with van der Waals surface area (Å²) in [5.41, 5.74) is 0.417. The average molecular weight is 240 g/mol. The normalized spacial score (nSPS) is 25.6. The van der Waals surface area contributed by atoms with Crippen molar-refractivity contribution in [1.29, 1.82) is 0 Å². The van der Waals surface area contributed by atoms with Crippen molar-refractivity contribution >= 4 is 5.97 Å². The van der Waals surface area contributed by atoms with Gasteiger partial charge < -0.3 is 4.74 Å². The Bertz CT molecular complexity index is 232. The van der Waals surface area contributed by atoms with E-state index in [1.54, 1.807) is 0 Å². The fraction of sp³-hybridized carbons (Fsp3) is 0.933. The summed E-state index contributed by atoms with van der Waals surface area (Å²) >= 11 is 0. The Morgan fingerprint density at radius 1 is 1.18 bits per heavy atom. The van der Waals surface area contributed by atoms with Crippen LogP contribution in [-0.4, -0.2) is 12.6 Å². The van der Waals surface area contributed by atoms with Gasteiger partial charge in [-0.2, -0.15) is 0 Å². The summed E-state index contributed by atoms with van der Waals surface area (Å²) in [4.78, 5) is 11.7. The second-order valence-electron chi connectivity index (χ2n) is 6.65. The molecule has 1 aliphatic rings. The van der Waals surface area contributed by atoms with Crippen LogP contribution in [0, 0.1) is 17.3 Å². The molecule has 0 spiro atoms. The van der Waals surface area contributed by atoms with Crippen LogP contribution in [0.1, 0.15) is 66.2 Å². The lowest BCUT2D eigenvalue weighted by atomic mass is 9.74. The molecule has 100 valence electrons. The number of carbonyl (C=O) groups is 1. The number of carbonyl (C=O) groups excluding carboxylic acids is 1. The number of hydrogen-bond acceptors (Lipinski definition) is 2. The lowest BCUT2D eigenvalue weighted by Gasteiger charge is -2.31. The molecule has 0 N–H and O–H groups in total. The van der Waals surface area contributed by atoms with Crippen LogP contribution < -0.4 is 0 Å². The molecule has 0 unspecified atom stereocenters. The molecule has 0 radical (unpaired) electrons. The van der Waals surface area contributed by atoms with E-state index in [4.69, 9.17) is 4.74 Å². The minimum Gasteiger partial charge on any atom is -0.465 e. The average Bonchev–Trinajstić information content (AvgIpc) is 2.24. The smallest absolute Gasteiger partial charge is 0.308 e. The third-order valence-corrected chi connectivity index (χ3v) is 3.53. The highest BCUT2D eigenvalue weighted by molar-refractivity contribution is 5.72. The van der Waals surface area contributed by atoms with Crippen molar-refractivity contribution in [3.8, 4) is 0 Å². The molecule has 0 heterocycles. The molecule has 0 aromatic heterocycles. The third-order valence-electron chi connectivity index (χ3n) is 3.53. The lowest BCUT2D eigenvalue weighted by Crippen LogP contribution is -2.25. The molecule has 0 saturated heterocycles. The Hall–Kier alpha value is -0.530. The predicted octanol–water partition coefficient (Wildman–Crippen LogP) is 4.18. The van der Waals surface area contributed by atoms with Crippen molar-refractivity contribution in [2.45, 2.75) is 66.2 Å². The van der Waals surface area contributed by atoms with E-state index >= 15 is 0 Å². The zero-order chi connectivity index (χ0) is 12.9. The van der Waals surface area contributed by atoms with E-state index in [1.807, 2.05) is 6.92 Å². The van der Waals surface area contributed by atoms with Gasteiger partial charge in [0.1, 0.15) is 0 Å². The molecule has 1 saturated carbocycles. The maximum Gasteiger partial charge on any atom is 0.308 e. The Labute approximate surface area is 106 Å². The first-order chi connectivity index (χ1) is 7.92. The van der Waals surface area contributed by atoms with Crippen LogP contribution in [0.4, 0.5) is 0 Å². The Morgan fingerprint density at radius 2 is 1.76 bits per heavy atom. The molecular weight excluding hydrogens is 212 g/mol. The van der Waals surface area contributed by atoms with Crippen molar-refractivity contribution < 1.29 is 9.53 Å². The van der Waals surface area contributed by atoms with E-state index in [-0.39, 0.29) is 11.9 Å². The van der Waals surface area contributed by atoms with Crippen LogP contribution in [0.5, 0.6) is 0 Å². The first kappa shape index (κ1) is 14.5. The summed E-state index contributed by atoms with van der Waals surface area (Å²) in [6.45, 7) is 9.52. The molecule has 0 bridgehead atoms. The molecule has 0 aromatic carbocycles. The van der Waals surface area contributed by atoms with E-state index in [0.29, 0.717) is 12.0 Å². The predicted molar refractivity (Wildman–Crippen MR) is 70.8 cm³/mol. The molecule has 1 aliphatic carbocycles. The highest BCUT2D eigenvalue weighted by atomic mass is 16.5. The monoisotopic (exact) mass is 240 g/mol. The molecule has 1 rings (SSSR count). The van der Waals surface area contributed by atoms with Gasteiger partial charge in [0, 0.05) is 0 Å². The zero-order valence-corrected chi connectivity index (χ0v) is 11.9. The standard InChI is InChI=1S/C15H28O2/c1-5-10-17-14(16)13-8-6-12(7-9-13)11-15(2,3)4/h12-13H,5-11H2,1-4H3. The second kappa shape index (κ2) is 6.42. The number of ether oxygens (including phenoxy) is 1.